The first-order valence-electron chi connectivity index (χ1n) is 6.07. The molecule has 3 rings (SSSR count). The second-order valence-electron chi connectivity index (χ2n) is 4.65. The van der Waals surface area contributed by atoms with Gasteiger partial charge >= 0.3 is 0 Å². The molecule has 0 unspecified atom stereocenters. The van der Waals surface area contributed by atoms with Crippen molar-refractivity contribution in [2.45, 2.75) is 12.1 Å². The molecule has 86 valence electrons. The molecule has 1 aliphatic heterocycles. The molecule has 0 aromatic heterocycles. The molecule has 0 radical (unpaired) electrons. The lowest BCUT2D eigenvalue weighted by atomic mass is 10.1. The minimum Gasteiger partial charge on any atom is -0.497 e. The van der Waals surface area contributed by atoms with Gasteiger partial charge in [-0.3, -0.25) is 0 Å². The quantitative estimate of drug-likeness (QED) is 0.730. The summed E-state index contributed by atoms with van der Waals surface area (Å²) in [5.41, 5.74) is 3.14. The third-order valence-electron chi connectivity index (χ3n) is 3.64. The van der Waals surface area contributed by atoms with E-state index in [9.17, 15) is 0 Å². The van der Waals surface area contributed by atoms with E-state index >= 15 is 0 Å². The molecule has 2 aromatic rings. The zero-order chi connectivity index (χ0) is 11.7. The van der Waals surface area contributed by atoms with Gasteiger partial charge in [-0.15, -0.1) is 0 Å². The molecule has 1 heterocycles. The third kappa shape index (κ3) is 2.00. The molecule has 0 bridgehead atoms. The fourth-order valence-electron chi connectivity index (χ4n) is 2.67. The first-order valence-corrected chi connectivity index (χ1v) is 8.28. The molecule has 0 N–H and O–H groups in total. The van der Waals surface area contributed by atoms with Crippen LogP contribution in [-0.4, -0.2) is 15.9 Å². The Hall–Kier alpha value is -1.54. The summed E-state index contributed by atoms with van der Waals surface area (Å²) < 4.78 is 5.21. The molecule has 17 heavy (non-hydrogen) atoms. The first-order chi connectivity index (χ1) is 8.36. The molecule has 1 nitrogen and oxygen atoms in total. The van der Waals surface area contributed by atoms with Crippen molar-refractivity contribution in [2.75, 3.05) is 7.11 Å². The van der Waals surface area contributed by atoms with Crippen molar-refractivity contribution in [3.05, 3.63) is 59.7 Å². The largest absolute Gasteiger partial charge is 0.497 e. The van der Waals surface area contributed by atoms with Crippen LogP contribution in [0.15, 0.2) is 48.5 Å². The minimum atomic E-state index is -0.814. The molecule has 0 saturated carbocycles. The van der Waals surface area contributed by atoms with E-state index in [1.54, 1.807) is 23.4 Å². The summed E-state index contributed by atoms with van der Waals surface area (Å²) in [7, 11) is 0.906. The molecule has 0 aliphatic carbocycles. The van der Waals surface area contributed by atoms with E-state index < -0.39 is 8.80 Å². The summed E-state index contributed by atoms with van der Waals surface area (Å²) in [6.07, 6.45) is 0. The zero-order valence-corrected chi connectivity index (χ0v) is 11.2. The van der Waals surface area contributed by atoms with Crippen LogP contribution in [0.2, 0.25) is 0 Å². The highest BCUT2D eigenvalue weighted by Gasteiger charge is 2.23. The number of fused-ring (bicyclic) bond motifs is 1. The summed E-state index contributed by atoms with van der Waals surface area (Å²) >= 11 is 0. The fourth-order valence-corrected chi connectivity index (χ4v) is 5.88. The Labute approximate surface area is 104 Å². The Morgan fingerprint density at radius 1 is 0.882 bits per heavy atom. The smallest absolute Gasteiger partial charge is 0.118 e. The lowest BCUT2D eigenvalue weighted by Crippen LogP contribution is -2.31. The van der Waals surface area contributed by atoms with Crippen LogP contribution in [0.5, 0.6) is 5.75 Å². The summed E-state index contributed by atoms with van der Waals surface area (Å²) in [5, 5.41) is 1.56. The van der Waals surface area contributed by atoms with E-state index in [-0.39, 0.29) is 0 Å². The summed E-state index contributed by atoms with van der Waals surface area (Å²) in [6.45, 7) is 0. The van der Waals surface area contributed by atoms with Gasteiger partial charge < -0.3 is 4.74 Å². The normalized spacial score (nSPS) is 14.6. The van der Waals surface area contributed by atoms with Crippen molar-refractivity contribution in [3.8, 4) is 5.75 Å². The van der Waals surface area contributed by atoms with Crippen LogP contribution < -0.4 is 9.92 Å². The van der Waals surface area contributed by atoms with Crippen LogP contribution in [0, 0.1) is 0 Å². The predicted octanol–water partition coefficient (Wildman–Crippen LogP) is 2.01. The standard InChI is InChI=1S/C15H16OSi/c1-16-14-6-8-15(9-7-14)17-10-12-4-2-3-5-13(12)11-17/h2-9,17H,10-11H2,1H3. The third-order valence-corrected chi connectivity index (χ3v) is 6.83. The minimum absolute atomic E-state index is 0.814. The molecule has 0 amide bonds. The molecule has 2 aromatic carbocycles. The van der Waals surface area contributed by atoms with E-state index in [0.29, 0.717) is 0 Å². The monoisotopic (exact) mass is 240 g/mol. The zero-order valence-electron chi connectivity index (χ0n) is 10.0. The molecular weight excluding hydrogens is 224 g/mol. The highest BCUT2D eigenvalue weighted by Crippen LogP contribution is 2.21. The van der Waals surface area contributed by atoms with E-state index in [1.807, 2.05) is 0 Å². The van der Waals surface area contributed by atoms with Crippen LogP contribution in [0.25, 0.3) is 0 Å². The van der Waals surface area contributed by atoms with E-state index in [2.05, 4.69) is 48.5 Å². The number of benzene rings is 2. The Morgan fingerprint density at radius 3 is 2.00 bits per heavy atom. The molecule has 0 spiro atoms. The highest BCUT2D eigenvalue weighted by molar-refractivity contribution is 6.73. The maximum Gasteiger partial charge on any atom is 0.118 e. The summed E-state index contributed by atoms with van der Waals surface area (Å²) in [4.78, 5) is 0. The molecule has 0 saturated heterocycles. The number of rotatable bonds is 2. The summed E-state index contributed by atoms with van der Waals surface area (Å²) in [5.74, 6) is 0.957. The average Bonchev–Trinajstić information content (AvgIpc) is 2.82. The van der Waals surface area contributed by atoms with E-state index in [0.717, 1.165) is 5.75 Å². The van der Waals surface area contributed by atoms with Crippen LogP contribution in [0.4, 0.5) is 0 Å². The molecule has 0 fully saturated rings. The van der Waals surface area contributed by atoms with Gasteiger partial charge in [-0.25, -0.2) is 0 Å². The average molecular weight is 240 g/mol. The van der Waals surface area contributed by atoms with Crippen LogP contribution in [0.1, 0.15) is 11.1 Å². The second kappa shape index (κ2) is 4.38. The van der Waals surface area contributed by atoms with Crippen molar-refractivity contribution in [3.63, 3.8) is 0 Å². The van der Waals surface area contributed by atoms with Crippen LogP contribution in [-0.2, 0) is 12.1 Å². The van der Waals surface area contributed by atoms with Gasteiger partial charge in [-0.05, 0) is 35.3 Å². The maximum absolute atomic E-state index is 5.21. The number of hydrogen-bond acceptors (Lipinski definition) is 1. The van der Waals surface area contributed by atoms with E-state index in [4.69, 9.17) is 4.74 Å². The van der Waals surface area contributed by atoms with Gasteiger partial charge in [0.15, 0.2) is 0 Å². The van der Waals surface area contributed by atoms with Crippen LogP contribution in [0.3, 0.4) is 0 Å². The van der Waals surface area contributed by atoms with Gasteiger partial charge in [-0.1, -0.05) is 41.6 Å². The fraction of sp³-hybridized carbons (Fsp3) is 0.200. The molecule has 0 atom stereocenters. The predicted molar refractivity (Wildman–Crippen MR) is 73.6 cm³/mol. The van der Waals surface area contributed by atoms with E-state index in [1.165, 1.54) is 12.1 Å². The molecule has 2 heteroatoms. The SMILES string of the molecule is COc1ccc([SiH]2Cc3ccccc3C2)cc1. The van der Waals surface area contributed by atoms with Gasteiger partial charge in [0.2, 0.25) is 0 Å². The molecular formula is C15H16OSi. The number of ether oxygens (including phenoxy) is 1. The second-order valence-corrected chi connectivity index (χ2v) is 7.52. The number of methoxy groups -OCH3 is 1. The van der Waals surface area contributed by atoms with Gasteiger partial charge in [0.1, 0.15) is 5.75 Å². The lowest BCUT2D eigenvalue weighted by Gasteiger charge is -2.08. The Kier molecular flexibility index (Phi) is 2.73. The van der Waals surface area contributed by atoms with Crippen molar-refractivity contribution < 1.29 is 4.74 Å². The van der Waals surface area contributed by atoms with Crippen LogP contribution >= 0.6 is 0 Å². The first kappa shape index (κ1) is 10.6. The van der Waals surface area contributed by atoms with Crippen molar-refractivity contribution >= 4 is 14.0 Å². The van der Waals surface area contributed by atoms with Crippen molar-refractivity contribution in [2.24, 2.45) is 0 Å². The maximum atomic E-state index is 5.21. The Balaban J connectivity index is 1.83. The molecule has 1 aliphatic rings. The van der Waals surface area contributed by atoms with Gasteiger partial charge in [0, 0.05) is 0 Å². The van der Waals surface area contributed by atoms with Gasteiger partial charge in [0.05, 0.1) is 15.9 Å². The highest BCUT2D eigenvalue weighted by atomic mass is 28.3. The van der Waals surface area contributed by atoms with Crippen molar-refractivity contribution in [1.82, 2.24) is 0 Å². The Morgan fingerprint density at radius 2 is 1.47 bits per heavy atom. The summed E-state index contributed by atoms with van der Waals surface area (Å²) in [6, 6.07) is 20.2. The van der Waals surface area contributed by atoms with Gasteiger partial charge in [0.25, 0.3) is 0 Å². The Bertz CT molecular complexity index is 494. The topological polar surface area (TPSA) is 9.23 Å². The van der Waals surface area contributed by atoms with Crippen molar-refractivity contribution in [1.29, 1.82) is 0 Å². The van der Waals surface area contributed by atoms with Gasteiger partial charge in [-0.2, -0.15) is 0 Å². The number of hydrogen-bond donors (Lipinski definition) is 0. The lowest BCUT2D eigenvalue weighted by molar-refractivity contribution is 0.415.